The lowest BCUT2D eigenvalue weighted by molar-refractivity contribution is 0.399. The molecule has 0 saturated carbocycles. The van der Waals surface area contributed by atoms with Gasteiger partial charge in [0.2, 0.25) is 10.0 Å². The van der Waals surface area contributed by atoms with Crippen LogP contribution in [0, 0.1) is 11.7 Å². The number of nitrogen functional groups attached to an aromatic ring is 1. The van der Waals surface area contributed by atoms with Crippen molar-refractivity contribution < 1.29 is 12.8 Å². The molecule has 2 N–H and O–H groups in total. The van der Waals surface area contributed by atoms with Gasteiger partial charge < -0.3 is 5.73 Å². The van der Waals surface area contributed by atoms with Gasteiger partial charge in [0.05, 0.1) is 4.90 Å². The first-order valence-corrected chi connectivity index (χ1v) is 8.93. The summed E-state index contributed by atoms with van der Waals surface area (Å²) in [6.45, 7) is 3.15. The van der Waals surface area contributed by atoms with Gasteiger partial charge in [-0.05, 0) is 43.4 Å². The summed E-state index contributed by atoms with van der Waals surface area (Å²) in [7, 11) is -3.66. The molecule has 1 aromatic rings. The lowest BCUT2D eigenvalue weighted by Crippen LogP contribution is -2.32. The summed E-state index contributed by atoms with van der Waals surface area (Å²) >= 11 is 0. The van der Waals surface area contributed by atoms with Gasteiger partial charge in [0.25, 0.3) is 0 Å². The summed E-state index contributed by atoms with van der Waals surface area (Å²) in [5.41, 5.74) is 5.69. The standard InChI is InChI=1S/C15H23FN2O2S/c1-2-4-12-5-3-7-18(8-6-12)21(19,20)15-10-13(16)9-14(17)11-15/h9-12H,2-8,17H2,1H3. The maximum absolute atomic E-state index is 13.4. The largest absolute Gasteiger partial charge is 0.399 e. The van der Waals surface area contributed by atoms with Crippen LogP contribution in [0.5, 0.6) is 0 Å². The van der Waals surface area contributed by atoms with Gasteiger partial charge in [-0.15, -0.1) is 0 Å². The van der Waals surface area contributed by atoms with Crippen molar-refractivity contribution in [3.63, 3.8) is 0 Å². The van der Waals surface area contributed by atoms with E-state index in [4.69, 9.17) is 5.73 Å². The Hall–Kier alpha value is -1.14. The molecule has 4 nitrogen and oxygen atoms in total. The van der Waals surface area contributed by atoms with E-state index in [-0.39, 0.29) is 10.6 Å². The molecule has 0 aromatic heterocycles. The predicted molar refractivity (Wildman–Crippen MR) is 81.8 cm³/mol. The summed E-state index contributed by atoms with van der Waals surface area (Å²) in [6, 6.07) is 3.49. The fraction of sp³-hybridized carbons (Fsp3) is 0.600. The van der Waals surface area contributed by atoms with Crippen LogP contribution in [0.2, 0.25) is 0 Å². The Balaban J connectivity index is 2.19. The molecule has 0 spiro atoms. The highest BCUT2D eigenvalue weighted by Crippen LogP contribution is 2.26. The van der Waals surface area contributed by atoms with Crippen LogP contribution < -0.4 is 5.73 Å². The summed E-state index contributed by atoms with van der Waals surface area (Å²) in [4.78, 5) is -0.0473. The molecule has 2 rings (SSSR count). The minimum absolute atomic E-state index is 0.0473. The number of sulfonamides is 1. The molecule has 0 radical (unpaired) electrons. The highest BCUT2D eigenvalue weighted by Gasteiger charge is 2.28. The van der Waals surface area contributed by atoms with E-state index in [2.05, 4.69) is 6.92 Å². The molecule has 6 heteroatoms. The minimum atomic E-state index is -3.66. The van der Waals surface area contributed by atoms with Crippen molar-refractivity contribution >= 4 is 15.7 Å². The van der Waals surface area contributed by atoms with Crippen LogP contribution in [0.4, 0.5) is 10.1 Å². The van der Waals surface area contributed by atoms with E-state index in [1.54, 1.807) is 0 Å². The number of anilines is 1. The number of rotatable bonds is 4. The van der Waals surface area contributed by atoms with Gasteiger partial charge in [-0.25, -0.2) is 12.8 Å². The van der Waals surface area contributed by atoms with Crippen molar-refractivity contribution in [2.24, 2.45) is 5.92 Å². The zero-order valence-corrected chi connectivity index (χ0v) is 13.2. The molecule has 1 unspecified atom stereocenters. The average molecular weight is 314 g/mol. The Bertz CT molecular complexity index is 569. The Morgan fingerprint density at radius 3 is 2.71 bits per heavy atom. The van der Waals surface area contributed by atoms with Crippen LogP contribution in [0.1, 0.15) is 39.0 Å². The molecule has 1 aliphatic heterocycles. The summed E-state index contributed by atoms with van der Waals surface area (Å²) in [5.74, 6) is -0.0277. The number of halogens is 1. The van der Waals surface area contributed by atoms with Gasteiger partial charge in [0.15, 0.2) is 0 Å². The molecular weight excluding hydrogens is 291 g/mol. The van der Waals surface area contributed by atoms with Crippen molar-refractivity contribution in [1.82, 2.24) is 4.31 Å². The maximum Gasteiger partial charge on any atom is 0.243 e. The first-order chi connectivity index (χ1) is 9.93. The van der Waals surface area contributed by atoms with Gasteiger partial charge >= 0.3 is 0 Å². The quantitative estimate of drug-likeness (QED) is 0.869. The fourth-order valence-corrected chi connectivity index (χ4v) is 4.52. The Labute approximate surface area is 126 Å². The summed E-state index contributed by atoms with van der Waals surface area (Å²) in [6.07, 6.45) is 5.05. The summed E-state index contributed by atoms with van der Waals surface area (Å²) < 4.78 is 40.1. The second-order valence-electron chi connectivity index (χ2n) is 5.71. The number of nitrogens with two attached hydrogens (primary N) is 1. The van der Waals surface area contributed by atoms with Crippen LogP contribution in [0.25, 0.3) is 0 Å². The smallest absolute Gasteiger partial charge is 0.243 e. The first-order valence-electron chi connectivity index (χ1n) is 7.49. The fourth-order valence-electron chi connectivity index (χ4n) is 2.96. The van der Waals surface area contributed by atoms with Gasteiger partial charge in [-0.2, -0.15) is 4.31 Å². The highest BCUT2D eigenvalue weighted by atomic mass is 32.2. The monoisotopic (exact) mass is 314 g/mol. The molecule has 21 heavy (non-hydrogen) atoms. The Morgan fingerprint density at radius 1 is 1.29 bits per heavy atom. The van der Waals surface area contributed by atoms with Gasteiger partial charge in [-0.3, -0.25) is 0 Å². The van der Waals surface area contributed by atoms with E-state index in [0.717, 1.165) is 44.2 Å². The average Bonchev–Trinajstić information content (AvgIpc) is 2.64. The zero-order valence-electron chi connectivity index (χ0n) is 12.4. The van der Waals surface area contributed by atoms with E-state index in [0.29, 0.717) is 19.0 Å². The normalized spacial score (nSPS) is 21.1. The molecular formula is C15H23FN2O2S. The SMILES string of the molecule is CCCC1CCCN(S(=O)(=O)c2cc(N)cc(F)c2)CC1. The van der Waals surface area contributed by atoms with Crippen molar-refractivity contribution in [1.29, 1.82) is 0 Å². The van der Waals surface area contributed by atoms with Crippen LogP contribution >= 0.6 is 0 Å². The van der Waals surface area contributed by atoms with E-state index >= 15 is 0 Å². The molecule has 0 amide bonds. The molecule has 0 aliphatic carbocycles. The van der Waals surface area contributed by atoms with Crippen molar-refractivity contribution in [3.8, 4) is 0 Å². The highest BCUT2D eigenvalue weighted by molar-refractivity contribution is 7.89. The zero-order chi connectivity index (χ0) is 15.5. The van der Waals surface area contributed by atoms with Crippen LogP contribution in [-0.4, -0.2) is 25.8 Å². The van der Waals surface area contributed by atoms with Gasteiger partial charge in [0, 0.05) is 18.8 Å². The minimum Gasteiger partial charge on any atom is -0.399 e. The van der Waals surface area contributed by atoms with E-state index in [1.807, 2.05) is 0 Å². The maximum atomic E-state index is 13.4. The van der Waals surface area contributed by atoms with Crippen LogP contribution in [0.3, 0.4) is 0 Å². The molecule has 1 aliphatic rings. The predicted octanol–water partition coefficient (Wildman–Crippen LogP) is 3.00. The Morgan fingerprint density at radius 2 is 2.05 bits per heavy atom. The van der Waals surface area contributed by atoms with Gasteiger partial charge in [-0.1, -0.05) is 19.8 Å². The molecule has 1 saturated heterocycles. The van der Waals surface area contributed by atoms with E-state index in [1.165, 1.54) is 10.4 Å². The molecule has 1 aromatic carbocycles. The topological polar surface area (TPSA) is 63.4 Å². The third kappa shape index (κ3) is 3.95. The summed E-state index contributed by atoms with van der Waals surface area (Å²) in [5, 5.41) is 0. The first kappa shape index (κ1) is 16.2. The van der Waals surface area contributed by atoms with Crippen LogP contribution in [-0.2, 0) is 10.0 Å². The molecule has 1 atom stereocenters. The van der Waals surface area contributed by atoms with Crippen LogP contribution in [0.15, 0.2) is 23.1 Å². The number of hydrogen-bond acceptors (Lipinski definition) is 3. The molecule has 1 fully saturated rings. The van der Waals surface area contributed by atoms with Gasteiger partial charge in [0.1, 0.15) is 5.82 Å². The van der Waals surface area contributed by atoms with Crippen molar-refractivity contribution in [3.05, 3.63) is 24.0 Å². The van der Waals surface area contributed by atoms with E-state index < -0.39 is 15.8 Å². The third-order valence-corrected chi connectivity index (χ3v) is 5.91. The van der Waals surface area contributed by atoms with Crippen molar-refractivity contribution in [2.75, 3.05) is 18.8 Å². The lowest BCUT2D eigenvalue weighted by atomic mass is 9.96. The lowest BCUT2D eigenvalue weighted by Gasteiger charge is -2.20. The number of benzene rings is 1. The molecule has 118 valence electrons. The van der Waals surface area contributed by atoms with E-state index in [9.17, 15) is 12.8 Å². The second-order valence-corrected chi connectivity index (χ2v) is 7.65. The Kier molecular flexibility index (Phi) is 5.22. The second kappa shape index (κ2) is 6.75. The molecule has 1 heterocycles. The third-order valence-electron chi connectivity index (χ3n) is 4.03. The number of hydrogen-bond donors (Lipinski definition) is 1. The van der Waals surface area contributed by atoms with Crippen molar-refractivity contribution in [2.45, 2.75) is 43.9 Å². The molecule has 0 bridgehead atoms. The number of nitrogens with zero attached hydrogens (tertiary/aromatic N) is 1.